The zero-order valence-electron chi connectivity index (χ0n) is 10.9. The van der Waals surface area contributed by atoms with Crippen LogP contribution in [0.15, 0.2) is 4.99 Å². The maximum absolute atomic E-state index is 9.16. The maximum atomic E-state index is 9.16. The van der Waals surface area contributed by atoms with E-state index in [0.29, 0.717) is 18.4 Å². The average Bonchev–Trinajstić information content (AvgIpc) is 2.28. The number of hydrogen-bond donors (Lipinski definition) is 3. The number of nitrogens with one attached hydrogen (secondary N) is 1. The van der Waals surface area contributed by atoms with E-state index < -0.39 is 0 Å². The standard InChI is InChI=1S/C11H24N4O2/c1-8(2)4-13-11(14-12)15-5-9(3)17-10(6-15)7-16/h8-10,16H,4-7,12H2,1-3H3,(H,13,14). The van der Waals surface area contributed by atoms with Crippen molar-refractivity contribution in [2.75, 3.05) is 26.2 Å². The van der Waals surface area contributed by atoms with Crippen LogP contribution in [0.1, 0.15) is 20.8 Å². The van der Waals surface area contributed by atoms with Gasteiger partial charge in [-0.05, 0) is 12.8 Å². The first-order valence-corrected chi connectivity index (χ1v) is 6.09. The normalized spacial score (nSPS) is 26.5. The molecule has 1 aliphatic heterocycles. The van der Waals surface area contributed by atoms with Crippen LogP contribution in [-0.2, 0) is 4.74 Å². The molecule has 17 heavy (non-hydrogen) atoms. The van der Waals surface area contributed by atoms with E-state index in [2.05, 4.69) is 24.3 Å². The molecule has 1 heterocycles. The monoisotopic (exact) mass is 244 g/mol. The summed E-state index contributed by atoms with van der Waals surface area (Å²) in [4.78, 5) is 6.46. The number of guanidine groups is 1. The van der Waals surface area contributed by atoms with E-state index in [1.165, 1.54) is 0 Å². The number of ether oxygens (including phenoxy) is 1. The Bertz CT molecular complexity index is 258. The van der Waals surface area contributed by atoms with Gasteiger partial charge in [-0.25, -0.2) is 5.84 Å². The minimum atomic E-state index is -0.170. The highest BCUT2D eigenvalue weighted by molar-refractivity contribution is 5.79. The second-order valence-corrected chi connectivity index (χ2v) is 4.86. The van der Waals surface area contributed by atoms with Crippen molar-refractivity contribution in [3.63, 3.8) is 0 Å². The maximum Gasteiger partial charge on any atom is 0.208 e. The Balaban J connectivity index is 2.64. The Morgan fingerprint density at radius 1 is 1.59 bits per heavy atom. The first kappa shape index (κ1) is 14.2. The summed E-state index contributed by atoms with van der Waals surface area (Å²) in [6.45, 7) is 8.29. The van der Waals surface area contributed by atoms with Crippen LogP contribution in [-0.4, -0.2) is 54.4 Å². The average molecular weight is 244 g/mol. The van der Waals surface area contributed by atoms with Gasteiger partial charge in [0.1, 0.15) is 0 Å². The van der Waals surface area contributed by atoms with E-state index in [-0.39, 0.29) is 18.8 Å². The zero-order chi connectivity index (χ0) is 12.8. The molecule has 0 saturated carbocycles. The molecule has 6 heteroatoms. The Hall–Kier alpha value is -0.850. The SMILES string of the molecule is CC(C)CN=C(NN)N1CC(C)OC(CO)C1. The highest BCUT2D eigenvalue weighted by Gasteiger charge is 2.26. The number of hydrogen-bond acceptors (Lipinski definition) is 4. The van der Waals surface area contributed by atoms with Gasteiger partial charge in [0.2, 0.25) is 5.96 Å². The number of morpholine rings is 1. The lowest BCUT2D eigenvalue weighted by atomic mass is 10.2. The smallest absolute Gasteiger partial charge is 0.208 e. The number of nitrogens with two attached hydrogens (primary N) is 1. The van der Waals surface area contributed by atoms with E-state index in [9.17, 15) is 0 Å². The van der Waals surface area contributed by atoms with Gasteiger partial charge in [-0.3, -0.25) is 10.4 Å². The largest absolute Gasteiger partial charge is 0.394 e. The molecule has 0 aromatic heterocycles. The second-order valence-electron chi connectivity index (χ2n) is 4.86. The fourth-order valence-electron chi connectivity index (χ4n) is 1.82. The van der Waals surface area contributed by atoms with Gasteiger partial charge in [-0.15, -0.1) is 0 Å². The van der Waals surface area contributed by atoms with Crippen LogP contribution in [0.4, 0.5) is 0 Å². The number of aliphatic hydroxyl groups is 1. The first-order valence-electron chi connectivity index (χ1n) is 6.09. The Morgan fingerprint density at radius 2 is 2.29 bits per heavy atom. The van der Waals surface area contributed by atoms with Crippen LogP contribution in [0.3, 0.4) is 0 Å². The molecule has 2 unspecified atom stereocenters. The van der Waals surface area contributed by atoms with Gasteiger partial charge in [0.25, 0.3) is 0 Å². The van der Waals surface area contributed by atoms with Crippen molar-refractivity contribution in [1.29, 1.82) is 0 Å². The van der Waals surface area contributed by atoms with Gasteiger partial charge in [0.15, 0.2) is 0 Å². The summed E-state index contributed by atoms with van der Waals surface area (Å²) in [5, 5.41) is 9.16. The summed E-state index contributed by atoms with van der Waals surface area (Å²) < 4.78 is 5.57. The highest BCUT2D eigenvalue weighted by atomic mass is 16.5. The van der Waals surface area contributed by atoms with E-state index in [4.69, 9.17) is 15.7 Å². The van der Waals surface area contributed by atoms with E-state index >= 15 is 0 Å². The molecule has 0 aromatic rings. The predicted molar refractivity (Wildman–Crippen MR) is 67.5 cm³/mol. The molecule has 0 radical (unpaired) electrons. The van der Waals surface area contributed by atoms with Gasteiger partial charge in [0, 0.05) is 19.6 Å². The molecule has 1 aliphatic rings. The summed E-state index contributed by atoms with van der Waals surface area (Å²) in [6, 6.07) is 0. The summed E-state index contributed by atoms with van der Waals surface area (Å²) >= 11 is 0. The van der Waals surface area contributed by atoms with Crippen molar-refractivity contribution in [3.05, 3.63) is 0 Å². The van der Waals surface area contributed by atoms with Gasteiger partial charge in [-0.2, -0.15) is 0 Å². The summed E-state index contributed by atoms with van der Waals surface area (Å²) in [5.41, 5.74) is 2.63. The molecular weight excluding hydrogens is 220 g/mol. The molecule has 100 valence electrons. The summed E-state index contributed by atoms with van der Waals surface area (Å²) in [6.07, 6.45) is -0.102. The van der Waals surface area contributed by atoms with Crippen molar-refractivity contribution in [2.24, 2.45) is 16.8 Å². The van der Waals surface area contributed by atoms with Crippen LogP contribution >= 0.6 is 0 Å². The number of nitrogens with zero attached hydrogens (tertiary/aromatic N) is 2. The quantitative estimate of drug-likeness (QED) is 0.271. The summed E-state index contributed by atoms with van der Waals surface area (Å²) in [5.74, 6) is 6.66. The molecule has 0 aliphatic carbocycles. The van der Waals surface area contributed by atoms with E-state index in [1.54, 1.807) is 0 Å². The number of rotatable bonds is 3. The van der Waals surface area contributed by atoms with Crippen molar-refractivity contribution in [2.45, 2.75) is 33.0 Å². The topological polar surface area (TPSA) is 83.1 Å². The number of hydrazine groups is 1. The molecule has 0 amide bonds. The Labute approximate surface area is 103 Å². The molecule has 1 rings (SSSR count). The van der Waals surface area contributed by atoms with E-state index in [1.807, 2.05) is 11.8 Å². The molecule has 0 aromatic carbocycles. The third-order valence-electron chi connectivity index (χ3n) is 2.56. The van der Waals surface area contributed by atoms with Crippen LogP contribution in [0, 0.1) is 5.92 Å². The minimum Gasteiger partial charge on any atom is -0.394 e. The number of aliphatic hydroxyl groups excluding tert-OH is 1. The highest BCUT2D eigenvalue weighted by Crippen LogP contribution is 2.11. The zero-order valence-corrected chi connectivity index (χ0v) is 10.9. The molecule has 0 bridgehead atoms. The Kier molecular flexibility index (Phi) is 5.67. The van der Waals surface area contributed by atoms with Gasteiger partial charge in [0.05, 0.1) is 18.8 Å². The fourth-order valence-corrected chi connectivity index (χ4v) is 1.82. The minimum absolute atomic E-state index is 0.0167. The molecule has 2 atom stereocenters. The molecule has 0 spiro atoms. The van der Waals surface area contributed by atoms with Crippen LogP contribution in [0.25, 0.3) is 0 Å². The predicted octanol–water partition coefficient (Wildman–Crippen LogP) is -0.457. The van der Waals surface area contributed by atoms with Crippen LogP contribution in [0.5, 0.6) is 0 Å². The fraction of sp³-hybridized carbons (Fsp3) is 0.909. The van der Waals surface area contributed by atoms with Crippen molar-refractivity contribution >= 4 is 5.96 Å². The molecule has 4 N–H and O–H groups in total. The van der Waals surface area contributed by atoms with Crippen molar-refractivity contribution in [1.82, 2.24) is 10.3 Å². The molecule has 1 fully saturated rings. The Morgan fingerprint density at radius 3 is 2.82 bits per heavy atom. The van der Waals surface area contributed by atoms with Gasteiger partial charge >= 0.3 is 0 Å². The molecule has 1 saturated heterocycles. The molecule has 6 nitrogen and oxygen atoms in total. The van der Waals surface area contributed by atoms with Crippen LogP contribution in [0.2, 0.25) is 0 Å². The van der Waals surface area contributed by atoms with Gasteiger partial charge in [-0.1, -0.05) is 13.8 Å². The second kappa shape index (κ2) is 6.78. The lowest BCUT2D eigenvalue weighted by Gasteiger charge is -2.37. The van der Waals surface area contributed by atoms with Crippen LogP contribution < -0.4 is 11.3 Å². The van der Waals surface area contributed by atoms with E-state index in [0.717, 1.165) is 13.1 Å². The summed E-state index contributed by atoms with van der Waals surface area (Å²) in [7, 11) is 0. The third kappa shape index (κ3) is 4.49. The van der Waals surface area contributed by atoms with Gasteiger partial charge < -0.3 is 14.7 Å². The first-order chi connectivity index (χ1) is 8.06. The van der Waals surface area contributed by atoms with Crippen molar-refractivity contribution in [3.8, 4) is 0 Å². The number of aliphatic imine (C=N–C) groups is 1. The van der Waals surface area contributed by atoms with Crippen molar-refractivity contribution < 1.29 is 9.84 Å². The third-order valence-corrected chi connectivity index (χ3v) is 2.56. The molecular formula is C11H24N4O2. The lowest BCUT2D eigenvalue weighted by Crippen LogP contribution is -2.55. The lowest BCUT2D eigenvalue weighted by molar-refractivity contribution is -0.0792.